The zero-order chi connectivity index (χ0) is 19.1. The van der Waals surface area contributed by atoms with E-state index in [-0.39, 0.29) is 17.6 Å². The minimum absolute atomic E-state index is 0.00364. The number of amides is 1. The summed E-state index contributed by atoms with van der Waals surface area (Å²) in [5, 5.41) is 3.02. The van der Waals surface area contributed by atoms with Crippen LogP contribution in [0.4, 0.5) is 0 Å². The molecule has 0 radical (unpaired) electrons. The lowest BCUT2D eigenvalue weighted by molar-refractivity contribution is -0.126. The number of piperidine rings is 1. The van der Waals surface area contributed by atoms with Gasteiger partial charge in [-0.15, -0.1) is 0 Å². The molecule has 6 heteroatoms. The van der Waals surface area contributed by atoms with Crippen molar-refractivity contribution in [3.05, 3.63) is 47.5 Å². The first-order valence-electron chi connectivity index (χ1n) is 10.0. The Bertz CT molecular complexity index is 759. The van der Waals surface area contributed by atoms with E-state index in [4.69, 9.17) is 0 Å². The highest BCUT2D eigenvalue weighted by atomic mass is 32.2. The van der Waals surface area contributed by atoms with Gasteiger partial charge in [-0.05, 0) is 50.5 Å². The molecule has 0 aromatic heterocycles. The van der Waals surface area contributed by atoms with Crippen LogP contribution in [0.1, 0.15) is 50.5 Å². The highest BCUT2D eigenvalue weighted by molar-refractivity contribution is 7.88. The maximum absolute atomic E-state index is 12.7. The Labute approximate surface area is 162 Å². The number of carbonyl (C=O) groups is 1. The SMILES string of the molecule is O=C(NCCC1=CCCCC1)[C@H]1CCCN(S(=O)(=O)Cc2ccccc2)C1. The topological polar surface area (TPSA) is 66.5 Å². The van der Waals surface area contributed by atoms with Gasteiger partial charge in [-0.3, -0.25) is 4.79 Å². The van der Waals surface area contributed by atoms with E-state index in [1.165, 1.54) is 22.7 Å². The van der Waals surface area contributed by atoms with Gasteiger partial charge in [0.1, 0.15) is 0 Å². The molecule has 1 fully saturated rings. The molecule has 27 heavy (non-hydrogen) atoms. The fraction of sp³-hybridized carbons (Fsp3) is 0.571. The molecule has 0 saturated carbocycles. The van der Waals surface area contributed by atoms with Gasteiger partial charge >= 0.3 is 0 Å². The predicted octanol–water partition coefficient (Wildman–Crippen LogP) is 3.24. The Hall–Kier alpha value is -1.66. The van der Waals surface area contributed by atoms with E-state index >= 15 is 0 Å². The summed E-state index contributed by atoms with van der Waals surface area (Å²) in [6, 6.07) is 9.22. The Morgan fingerprint density at radius 3 is 2.70 bits per heavy atom. The Balaban J connectivity index is 1.50. The highest BCUT2D eigenvalue weighted by Crippen LogP contribution is 2.22. The molecule has 3 rings (SSSR count). The van der Waals surface area contributed by atoms with Gasteiger partial charge in [0, 0.05) is 19.6 Å². The number of benzene rings is 1. The first-order chi connectivity index (χ1) is 13.0. The van der Waals surface area contributed by atoms with Gasteiger partial charge in [0.15, 0.2) is 0 Å². The molecule has 148 valence electrons. The van der Waals surface area contributed by atoms with Crippen molar-refractivity contribution in [1.29, 1.82) is 0 Å². The van der Waals surface area contributed by atoms with Crippen LogP contribution in [-0.4, -0.2) is 38.3 Å². The maximum Gasteiger partial charge on any atom is 0.224 e. The molecule has 1 aromatic rings. The third-order valence-electron chi connectivity index (χ3n) is 5.47. The lowest BCUT2D eigenvalue weighted by atomic mass is 9.96. The number of rotatable bonds is 7. The molecular formula is C21H30N2O3S. The summed E-state index contributed by atoms with van der Waals surface area (Å²) >= 11 is 0. The Morgan fingerprint density at radius 2 is 1.96 bits per heavy atom. The molecule has 1 amide bonds. The quantitative estimate of drug-likeness (QED) is 0.727. The first kappa shape index (κ1) is 20.1. The molecule has 1 saturated heterocycles. The van der Waals surface area contributed by atoms with Crippen LogP contribution < -0.4 is 5.32 Å². The Morgan fingerprint density at radius 1 is 1.15 bits per heavy atom. The molecule has 5 nitrogen and oxygen atoms in total. The maximum atomic E-state index is 12.7. The van der Waals surface area contributed by atoms with Gasteiger partial charge in [0.2, 0.25) is 15.9 Å². The van der Waals surface area contributed by atoms with Crippen LogP contribution >= 0.6 is 0 Å². The normalized spacial score (nSPS) is 21.5. The number of allylic oxidation sites excluding steroid dienone is 1. The summed E-state index contributed by atoms with van der Waals surface area (Å²) in [7, 11) is -3.40. The van der Waals surface area contributed by atoms with E-state index in [1.807, 2.05) is 30.3 Å². The summed E-state index contributed by atoms with van der Waals surface area (Å²) in [5.74, 6) is -0.258. The fourth-order valence-corrected chi connectivity index (χ4v) is 5.52. The first-order valence-corrected chi connectivity index (χ1v) is 11.6. The van der Waals surface area contributed by atoms with Gasteiger partial charge in [-0.1, -0.05) is 42.0 Å². The van der Waals surface area contributed by atoms with Crippen LogP contribution in [0.2, 0.25) is 0 Å². The fourth-order valence-electron chi connectivity index (χ4n) is 3.91. The van der Waals surface area contributed by atoms with Gasteiger partial charge in [0.05, 0.1) is 11.7 Å². The van der Waals surface area contributed by atoms with Crippen molar-refractivity contribution >= 4 is 15.9 Å². The average Bonchev–Trinajstić information content (AvgIpc) is 2.69. The number of sulfonamides is 1. The molecule has 2 aliphatic rings. The second-order valence-corrected chi connectivity index (χ2v) is 9.56. The summed E-state index contributed by atoms with van der Waals surface area (Å²) in [6.07, 6.45) is 9.51. The second-order valence-electron chi connectivity index (χ2n) is 7.59. The van der Waals surface area contributed by atoms with Gasteiger partial charge in [0.25, 0.3) is 0 Å². The summed E-state index contributed by atoms with van der Waals surface area (Å²) in [5.41, 5.74) is 2.22. The van der Waals surface area contributed by atoms with E-state index in [2.05, 4.69) is 11.4 Å². The number of nitrogens with zero attached hydrogens (tertiary/aromatic N) is 1. The number of hydrogen-bond donors (Lipinski definition) is 1. The van der Waals surface area contributed by atoms with E-state index < -0.39 is 10.0 Å². The largest absolute Gasteiger partial charge is 0.356 e. The van der Waals surface area contributed by atoms with Crippen LogP contribution in [0.3, 0.4) is 0 Å². The number of carbonyl (C=O) groups excluding carboxylic acids is 1. The Kier molecular flexibility index (Phi) is 7.07. The molecule has 0 unspecified atom stereocenters. The lowest BCUT2D eigenvalue weighted by Gasteiger charge is -2.31. The van der Waals surface area contributed by atoms with Crippen LogP contribution in [0, 0.1) is 5.92 Å². The lowest BCUT2D eigenvalue weighted by Crippen LogP contribution is -2.45. The van der Waals surface area contributed by atoms with Crippen LogP contribution in [0.15, 0.2) is 42.0 Å². The molecule has 1 atom stereocenters. The summed E-state index contributed by atoms with van der Waals surface area (Å²) < 4.78 is 27.0. The van der Waals surface area contributed by atoms with Crippen molar-refractivity contribution in [3.8, 4) is 0 Å². The molecule has 1 aliphatic carbocycles. The molecule has 0 spiro atoms. The molecule has 1 aliphatic heterocycles. The van der Waals surface area contributed by atoms with Crippen molar-refractivity contribution in [2.45, 2.75) is 50.7 Å². The van der Waals surface area contributed by atoms with Gasteiger partial charge in [-0.2, -0.15) is 0 Å². The van der Waals surface area contributed by atoms with Crippen molar-refractivity contribution < 1.29 is 13.2 Å². The van der Waals surface area contributed by atoms with Gasteiger partial charge in [-0.25, -0.2) is 12.7 Å². The summed E-state index contributed by atoms with van der Waals surface area (Å²) in [4.78, 5) is 12.5. The van der Waals surface area contributed by atoms with Crippen LogP contribution in [-0.2, 0) is 20.6 Å². The second kappa shape index (κ2) is 9.51. The molecule has 1 heterocycles. The zero-order valence-electron chi connectivity index (χ0n) is 15.9. The highest BCUT2D eigenvalue weighted by Gasteiger charge is 2.32. The van der Waals surface area contributed by atoms with Crippen molar-refractivity contribution in [2.24, 2.45) is 5.92 Å². The standard InChI is InChI=1S/C21H30N2O3S/c24-21(22-14-13-18-8-3-1-4-9-18)20-12-7-15-23(16-20)27(25,26)17-19-10-5-2-6-11-19/h2,5-6,8,10-11,20H,1,3-4,7,9,12-17H2,(H,22,24)/t20-/m0/s1. The molecule has 1 aromatic carbocycles. The van der Waals surface area contributed by atoms with Gasteiger partial charge < -0.3 is 5.32 Å². The number of hydrogen-bond acceptors (Lipinski definition) is 3. The van der Waals surface area contributed by atoms with E-state index in [9.17, 15) is 13.2 Å². The minimum Gasteiger partial charge on any atom is -0.356 e. The molecular weight excluding hydrogens is 360 g/mol. The van der Waals surface area contributed by atoms with E-state index in [0.29, 0.717) is 19.6 Å². The van der Waals surface area contributed by atoms with Crippen molar-refractivity contribution in [3.63, 3.8) is 0 Å². The van der Waals surface area contributed by atoms with Crippen molar-refractivity contribution in [2.75, 3.05) is 19.6 Å². The predicted molar refractivity (Wildman–Crippen MR) is 108 cm³/mol. The third-order valence-corrected chi connectivity index (χ3v) is 7.29. The monoisotopic (exact) mass is 390 g/mol. The average molecular weight is 391 g/mol. The molecule has 0 bridgehead atoms. The van der Waals surface area contributed by atoms with E-state index in [1.54, 1.807) is 0 Å². The van der Waals surface area contributed by atoms with Crippen LogP contribution in [0.25, 0.3) is 0 Å². The van der Waals surface area contributed by atoms with Crippen LogP contribution in [0.5, 0.6) is 0 Å². The summed E-state index contributed by atoms with van der Waals surface area (Å²) in [6.45, 7) is 1.45. The smallest absolute Gasteiger partial charge is 0.224 e. The molecule has 1 N–H and O–H groups in total. The third kappa shape index (κ3) is 5.91. The minimum atomic E-state index is -3.40. The number of nitrogens with one attached hydrogen (secondary N) is 1. The zero-order valence-corrected chi connectivity index (χ0v) is 16.7. The van der Waals surface area contributed by atoms with E-state index in [0.717, 1.165) is 37.7 Å². The van der Waals surface area contributed by atoms with Crippen molar-refractivity contribution in [1.82, 2.24) is 9.62 Å².